The van der Waals surface area contributed by atoms with E-state index in [0.29, 0.717) is 11.5 Å². The Bertz CT molecular complexity index is 2980. The lowest BCUT2D eigenvalue weighted by atomic mass is 9.60. The fourth-order valence-corrected chi connectivity index (χ4v) is 9.09. The largest absolute Gasteiger partial charge is 0.438 e. The minimum Gasteiger partial charge on any atom is -0.438 e. The van der Waals surface area contributed by atoms with Crippen molar-refractivity contribution in [2.75, 3.05) is 0 Å². The lowest BCUT2D eigenvalue weighted by molar-refractivity contribution is 0.609. The lowest BCUT2D eigenvalue weighted by Gasteiger charge is -2.42. The van der Waals surface area contributed by atoms with E-state index in [4.69, 9.17) is 14.4 Å². The van der Waals surface area contributed by atoms with Crippen molar-refractivity contribution in [3.8, 4) is 16.9 Å². The maximum Gasteiger partial charge on any atom is 0.231 e. The van der Waals surface area contributed by atoms with Crippen LogP contribution in [0.4, 0.5) is 0 Å². The molecule has 0 fully saturated rings. The third kappa shape index (κ3) is 4.18. The Morgan fingerprint density at radius 3 is 1.91 bits per heavy atom. The van der Waals surface area contributed by atoms with E-state index >= 15 is 0 Å². The highest BCUT2D eigenvalue weighted by Gasteiger charge is 2.48. The monoisotopic (exact) mass is 679 g/mol. The number of aromatic nitrogens is 3. The summed E-state index contributed by atoms with van der Waals surface area (Å²) in [5.74, 6) is 0.904. The number of rotatable bonds is 4. The van der Waals surface area contributed by atoms with Crippen LogP contribution in [0.3, 0.4) is 0 Å². The van der Waals surface area contributed by atoms with Gasteiger partial charge in [0.05, 0.1) is 22.1 Å². The summed E-state index contributed by atoms with van der Waals surface area (Å²) < 4.78 is 9.04. The summed E-state index contributed by atoms with van der Waals surface area (Å²) in [6, 6.07) is 62.7. The Kier molecular flexibility index (Phi) is 6.41. The number of para-hydroxylation sites is 3. The van der Waals surface area contributed by atoms with Crippen molar-refractivity contribution in [3.63, 3.8) is 0 Å². The fraction of sp³-hybridized carbons (Fsp3) is 0.0612. The highest BCUT2D eigenvalue weighted by atomic mass is 16.3. The molecule has 0 aliphatic heterocycles. The third-order valence-electron chi connectivity index (χ3n) is 11.4. The molecule has 0 unspecified atom stereocenters. The summed E-state index contributed by atoms with van der Waals surface area (Å²) >= 11 is 0. The van der Waals surface area contributed by atoms with E-state index in [1.807, 2.05) is 12.1 Å². The molecule has 0 atom stereocenters. The van der Waals surface area contributed by atoms with Gasteiger partial charge in [-0.25, -0.2) is 4.98 Å². The first-order chi connectivity index (χ1) is 26.2. The van der Waals surface area contributed by atoms with Gasteiger partial charge in [0.25, 0.3) is 0 Å². The molecule has 4 heteroatoms. The predicted molar refractivity (Wildman–Crippen MR) is 215 cm³/mol. The number of hydrogen-bond acceptors (Lipinski definition) is 3. The van der Waals surface area contributed by atoms with Gasteiger partial charge < -0.3 is 8.98 Å². The van der Waals surface area contributed by atoms with Crippen LogP contribution in [0.1, 0.15) is 46.5 Å². The minimum absolute atomic E-state index is 0.206. The molecule has 0 amide bonds. The highest BCUT2D eigenvalue weighted by molar-refractivity contribution is 6.13. The molecular formula is C49H33N3O. The Balaban J connectivity index is 1.27. The van der Waals surface area contributed by atoms with Crippen LogP contribution in [0.25, 0.3) is 60.8 Å². The van der Waals surface area contributed by atoms with E-state index in [1.54, 1.807) is 0 Å². The quantitative estimate of drug-likeness (QED) is 0.186. The van der Waals surface area contributed by atoms with E-state index in [1.165, 1.54) is 38.5 Å². The van der Waals surface area contributed by atoms with Crippen molar-refractivity contribution in [3.05, 3.63) is 210 Å². The van der Waals surface area contributed by atoms with Gasteiger partial charge in [-0.15, -0.1) is 0 Å². The number of benzene rings is 7. The van der Waals surface area contributed by atoms with Crippen molar-refractivity contribution in [2.45, 2.75) is 18.3 Å². The normalized spacial score (nSPS) is 16.7. The molecule has 1 aliphatic rings. The molecule has 0 saturated carbocycles. The SMILES string of the molecule is CC1c2ccccc2C(c2ccccc2)(c2nc(-c3ccc4c(c3)c3ccccc3n4-c3ccccc3)c3c(n2)oc2ccccc23)c2ccccc21. The molecule has 7 aromatic carbocycles. The average Bonchev–Trinajstić information content (AvgIpc) is 3.77. The lowest BCUT2D eigenvalue weighted by Crippen LogP contribution is -2.38. The van der Waals surface area contributed by atoms with Crippen LogP contribution in [-0.4, -0.2) is 14.5 Å². The first-order valence-corrected chi connectivity index (χ1v) is 18.2. The molecule has 3 heterocycles. The molecule has 0 bridgehead atoms. The Hall–Kier alpha value is -6.78. The second-order valence-electron chi connectivity index (χ2n) is 14.1. The molecule has 250 valence electrons. The van der Waals surface area contributed by atoms with Crippen molar-refractivity contribution in [2.24, 2.45) is 0 Å². The summed E-state index contributed by atoms with van der Waals surface area (Å²) in [5, 5.41) is 4.29. The second-order valence-corrected chi connectivity index (χ2v) is 14.1. The minimum atomic E-state index is -0.795. The Morgan fingerprint density at radius 2 is 1.15 bits per heavy atom. The van der Waals surface area contributed by atoms with Crippen LogP contribution >= 0.6 is 0 Å². The van der Waals surface area contributed by atoms with Crippen LogP contribution in [0.5, 0.6) is 0 Å². The molecular weight excluding hydrogens is 647 g/mol. The highest BCUT2D eigenvalue weighted by Crippen LogP contribution is 2.54. The molecule has 0 N–H and O–H groups in total. The van der Waals surface area contributed by atoms with E-state index < -0.39 is 5.41 Å². The van der Waals surface area contributed by atoms with Gasteiger partial charge in [0.15, 0.2) is 5.82 Å². The van der Waals surface area contributed by atoms with Crippen LogP contribution < -0.4 is 0 Å². The summed E-state index contributed by atoms with van der Waals surface area (Å²) in [5.41, 5.74) is 12.0. The van der Waals surface area contributed by atoms with Gasteiger partial charge in [-0.2, -0.15) is 4.98 Å². The molecule has 10 aromatic rings. The molecule has 0 saturated heterocycles. The van der Waals surface area contributed by atoms with Crippen molar-refractivity contribution < 1.29 is 4.42 Å². The van der Waals surface area contributed by atoms with E-state index in [0.717, 1.165) is 44.4 Å². The third-order valence-corrected chi connectivity index (χ3v) is 11.4. The van der Waals surface area contributed by atoms with Crippen molar-refractivity contribution in [1.82, 2.24) is 14.5 Å². The van der Waals surface area contributed by atoms with Gasteiger partial charge >= 0.3 is 0 Å². The summed E-state index contributed by atoms with van der Waals surface area (Å²) in [4.78, 5) is 11.2. The maximum atomic E-state index is 6.69. The van der Waals surface area contributed by atoms with Crippen LogP contribution in [0.15, 0.2) is 180 Å². The van der Waals surface area contributed by atoms with Crippen LogP contribution in [0.2, 0.25) is 0 Å². The van der Waals surface area contributed by atoms with Crippen molar-refractivity contribution in [1.29, 1.82) is 0 Å². The zero-order chi connectivity index (χ0) is 35.1. The van der Waals surface area contributed by atoms with Crippen LogP contribution in [-0.2, 0) is 5.41 Å². The Morgan fingerprint density at radius 1 is 0.547 bits per heavy atom. The summed E-state index contributed by atoms with van der Waals surface area (Å²) in [6.07, 6.45) is 0. The van der Waals surface area contributed by atoms with Crippen LogP contribution in [0, 0.1) is 0 Å². The smallest absolute Gasteiger partial charge is 0.231 e. The Labute approximate surface area is 306 Å². The second kappa shape index (κ2) is 11.4. The topological polar surface area (TPSA) is 43.9 Å². The van der Waals surface area contributed by atoms with Crippen molar-refractivity contribution >= 4 is 43.9 Å². The standard InChI is InChI=1S/C49H33N3O/c1-31-35-20-8-12-24-40(35)49(33-16-4-2-5-17-33,41-25-13-9-21-36(31)41)48-50-46(45-38-23-11-15-27-44(38)53-47(45)51-48)32-28-29-43-39(30-32)37-22-10-14-26-42(37)52(43)34-18-6-3-7-19-34/h2-31H,1H3. The molecule has 0 radical (unpaired) electrons. The van der Waals surface area contributed by atoms with Gasteiger partial charge in [-0.05, 0) is 64.2 Å². The van der Waals surface area contributed by atoms with E-state index in [9.17, 15) is 0 Å². The first-order valence-electron chi connectivity index (χ1n) is 18.2. The number of hydrogen-bond donors (Lipinski definition) is 0. The molecule has 1 aliphatic carbocycles. The van der Waals surface area contributed by atoms with Gasteiger partial charge in [0.2, 0.25) is 5.71 Å². The first kappa shape index (κ1) is 29.9. The molecule has 4 nitrogen and oxygen atoms in total. The summed E-state index contributed by atoms with van der Waals surface area (Å²) in [6.45, 7) is 2.31. The number of furan rings is 1. The molecule has 3 aromatic heterocycles. The van der Waals surface area contributed by atoms with Gasteiger partial charge in [0.1, 0.15) is 11.0 Å². The van der Waals surface area contributed by atoms with Gasteiger partial charge in [-0.3, -0.25) is 0 Å². The van der Waals surface area contributed by atoms with E-state index in [2.05, 4.69) is 175 Å². The van der Waals surface area contributed by atoms with Gasteiger partial charge in [0, 0.05) is 33.3 Å². The zero-order valence-electron chi connectivity index (χ0n) is 29.1. The molecule has 53 heavy (non-hydrogen) atoms. The van der Waals surface area contributed by atoms with Gasteiger partial charge in [-0.1, -0.05) is 146 Å². The fourth-order valence-electron chi connectivity index (χ4n) is 9.09. The zero-order valence-corrected chi connectivity index (χ0v) is 29.1. The number of nitrogens with zero attached hydrogens (tertiary/aromatic N) is 3. The molecule has 0 spiro atoms. The average molecular weight is 680 g/mol. The van der Waals surface area contributed by atoms with E-state index in [-0.39, 0.29) is 5.92 Å². The predicted octanol–water partition coefficient (Wildman–Crippen LogP) is 12.0. The number of fused-ring (bicyclic) bond motifs is 8. The summed E-state index contributed by atoms with van der Waals surface area (Å²) in [7, 11) is 0. The molecule has 11 rings (SSSR count). The maximum absolute atomic E-state index is 6.69.